The Kier molecular flexibility index (Phi) is 10.1. The Morgan fingerprint density at radius 2 is 1.54 bits per heavy atom. The number of imide groups is 1. The zero-order chi connectivity index (χ0) is 38.1. The summed E-state index contributed by atoms with van der Waals surface area (Å²) in [5, 5.41) is 19.6. The Labute approximate surface area is 293 Å². The van der Waals surface area contributed by atoms with E-state index in [1.165, 1.54) is 24.3 Å². The molecule has 3 heterocycles. The molecular formula is C31H25N5O14S2. The Bertz CT molecular complexity index is 2390. The van der Waals surface area contributed by atoms with Crippen LogP contribution in [0.3, 0.4) is 0 Å². The second-order valence-corrected chi connectivity index (χ2v) is 13.4. The van der Waals surface area contributed by atoms with E-state index in [0.717, 1.165) is 72.4 Å². The molecule has 52 heavy (non-hydrogen) atoms. The number of carbonyl (C=O) groups excluding carboxylic acids is 5. The highest BCUT2D eigenvalue weighted by molar-refractivity contribution is 7.86. The van der Waals surface area contributed by atoms with E-state index in [2.05, 4.69) is 10.2 Å². The molecule has 2 aliphatic rings. The predicted octanol–water partition coefficient (Wildman–Crippen LogP) is 1.41. The molecule has 2 aromatic carbocycles. The summed E-state index contributed by atoms with van der Waals surface area (Å²) in [5.41, 5.74) is -2.75. The predicted molar refractivity (Wildman–Crippen MR) is 176 cm³/mol. The second-order valence-electron chi connectivity index (χ2n) is 10.6. The third-order valence-electron chi connectivity index (χ3n) is 7.41. The molecule has 2 aliphatic heterocycles. The van der Waals surface area contributed by atoms with E-state index in [-0.39, 0.29) is 29.8 Å². The van der Waals surface area contributed by atoms with Crippen LogP contribution < -0.4 is 5.01 Å². The average molecular weight is 756 g/mol. The molecule has 1 saturated heterocycles. The SMILES string of the molecule is COC(=O)C1=NN(c2ccccc2S(=O)(=O)O)C(=O)/C1=C/C=C(/C=C/c1c(C(=O)OC)nn(-c2cccc(S(=O)(=O)O)c2)c1O)N1C(=O)CCC1=O. The third-order valence-corrected chi connectivity index (χ3v) is 9.17. The monoisotopic (exact) mass is 755 g/mol. The number of hydrazone groups is 1. The van der Waals surface area contributed by atoms with Gasteiger partial charge in [-0.15, -0.1) is 0 Å². The number of anilines is 1. The summed E-state index contributed by atoms with van der Waals surface area (Å²) in [6, 6.07) is 9.27. The highest BCUT2D eigenvalue weighted by Crippen LogP contribution is 2.32. The van der Waals surface area contributed by atoms with Crippen LogP contribution >= 0.6 is 0 Å². The number of amides is 3. The van der Waals surface area contributed by atoms with E-state index < -0.39 is 88.2 Å². The van der Waals surface area contributed by atoms with Crippen molar-refractivity contribution in [1.82, 2.24) is 14.7 Å². The number of methoxy groups -OCH3 is 2. The van der Waals surface area contributed by atoms with Gasteiger partial charge in [0.15, 0.2) is 11.4 Å². The first kappa shape index (κ1) is 37.0. The number of carbonyl (C=O) groups is 5. The molecule has 0 atom stereocenters. The first-order valence-corrected chi connectivity index (χ1v) is 17.4. The van der Waals surface area contributed by atoms with Crippen molar-refractivity contribution in [2.45, 2.75) is 22.6 Å². The lowest BCUT2D eigenvalue weighted by molar-refractivity contribution is -0.136. The van der Waals surface area contributed by atoms with Crippen LogP contribution in [0.2, 0.25) is 0 Å². The number of hydrogen-bond acceptors (Lipinski definition) is 14. The summed E-state index contributed by atoms with van der Waals surface area (Å²) >= 11 is 0. The molecule has 3 aromatic rings. The smallest absolute Gasteiger partial charge is 0.359 e. The van der Waals surface area contributed by atoms with Crippen LogP contribution in [0.4, 0.5) is 5.69 Å². The fourth-order valence-electron chi connectivity index (χ4n) is 5.01. The van der Waals surface area contributed by atoms with Crippen molar-refractivity contribution < 1.29 is 64.5 Å². The number of rotatable bonds is 10. The molecule has 3 N–H and O–H groups in total. The highest BCUT2D eigenvalue weighted by Gasteiger charge is 2.38. The van der Waals surface area contributed by atoms with Crippen molar-refractivity contribution in [2.24, 2.45) is 5.10 Å². The van der Waals surface area contributed by atoms with Crippen LogP contribution in [0.15, 0.2) is 92.9 Å². The van der Waals surface area contributed by atoms with Gasteiger partial charge in [-0.3, -0.25) is 28.4 Å². The molecule has 21 heteroatoms. The summed E-state index contributed by atoms with van der Waals surface area (Å²) in [4.78, 5) is 64.1. The van der Waals surface area contributed by atoms with Gasteiger partial charge in [0, 0.05) is 12.8 Å². The highest BCUT2D eigenvalue weighted by atomic mass is 32.2. The van der Waals surface area contributed by atoms with Crippen molar-refractivity contribution in [1.29, 1.82) is 0 Å². The van der Waals surface area contributed by atoms with Gasteiger partial charge in [0.2, 0.25) is 17.7 Å². The average Bonchev–Trinajstić information content (AvgIpc) is 3.74. The zero-order valence-corrected chi connectivity index (χ0v) is 28.4. The van der Waals surface area contributed by atoms with Gasteiger partial charge in [0.1, 0.15) is 4.90 Å². The Hall–Kier alpha value is -6.29. The van der Waals surface area contributed by atoms with Crippen LogP contribution in [-0.4, -0.2) is 95.3 Å². The molecule has 5 rings (SSSR count). The van der Waals surface area contributed by atoms with Crippen LogP contribution in [0.25, 0.3) is 11.8 Å². The second kappa shape index (κ2) is 14.1. The number of allylic oxidation sites excluding steroid dienone is 3. The summed E-state index contributed by atoms with van der Waals surface area (Å²) in [6.45, 7) is 0. The maximum atomic E-state index is 13.6. The van der Waals surface area contributed by atoms with Gasteiger partial charge in [-0.1, -0.05) is 18.2 Å². The lowest BCUT2D eigenvalue weighted by Crippen LogP contribution is -2.27. The number of para-hydroxylation sites is 1. The maximum Gasteiger partial charge on any atom is 0.359 e. The lowest BCUT2D eigenvalue weighted by Gasteiger charge is -2.15. The minimum Gasteiger partial charge on any atom is -0.493 e. The largest absolute Gasteiger partial charge is 0.493 e. The summed E-state index contributed by atoms with van der Waals surface area (Å²) < 4.78 is 76.8. The zero-order valence-electron chi connectivity index (χ0n) is 26.7. The minimum absolute atomic E-state index is 0.114. The van der Waals surface area contributed by atoms with E-state index in [4.69, 9.17) is 9.47 Å². The van der Waals surface area contributed by atoms with Crippen LogP contribution in [0.1, 0.15) is 28.9 Å². The normalized spacial score (nSPS) is 16.3. The van der Waals surface area contributed by atoms with Gasteiger partial charge in [-0.05, 0) is 54.6 Å². The van der Waals surface area contributed by atoms with Crippen molar-refractivity contribution in [3.05, 3.63) is 89.3 Å². The van der Waals surface area contributed by atoms with E-state index in [1.807, 2.05) is 0 Å². The Balaban J connectivity index is 1.65. The topological polar surface area (TPSA) is 269 Å². The minimum atomic E-state index is -4.88. The molecule has 270 valence electrons. The maximum absolute atomic E-state index is 13.6. The quantitative estimate of drug-likeness (QED) is 0.0868. The van der Waals surface area contributed by atoms with Crippen molar-refractivity contribution >= 4 is 67.4 Å². The molecular weight excluding hydrogens is 730 g/mol. The lowest BCUT2D eigenvalue weighted by atomic mass is 10.1. The molecule has 0 saturated carbocycles. The molecule has 0 spiro atoms. The summed E-state index contributed by atoms with van der Waals surface area (Å²) in [7, 11) is -7.56. The van der Waals surface area contributed by atoms with Gasteiger partial charge < -0.3 is 14.6 Å². The fraction of sp³-hybridized carbons (Fsp3) is 0.129. The Morgan fingerprint density at radius 1 is 0.885 bits per heavy atom. The van der Waals surface area contributed by atoms with Crippen LogP contribution in [-0.2, 0) is 48.9 Å². The molecule has 0 radical (unpaired) electrons. The molecule has 19 nitrogen and oxygen atoms in total. The summed E-state index contributed by atoms with van der Waals surface area (Å²) in [6.07, 6.45) is 3.78. The fourth-order valence-corrected chi connectivity index (χ4v) is 6.20. The van der Waals surface area contributed by atoms with E-state index >= 15 is 0 Å². The number of likely N-dealkylation sites (tertiary alicyclic amines) is 1. The van der Waals surface area contributed by atoms with Crippen molar-refractivity contribution in [3.63, 3.8) is 0 Å². The van der Waals surface area contributed by atoms with Gasteiger partial charge in [-0.2, -0.15) is 36.7 Å². The molecule has 0 aliphatic carbocycles. The first-order chi connectivity index (χ1) is 24.5. The number of ether oxygens (including phenoxy) is 2. The van der Waals surface area contributed by atoms with Gasteiger partial charge in [0.25, 0.3) is 26.1 Å². The van der Waals surface area contributed by atoms with E-state index in [9.17, 15) is 55.0 Å². The first-order valence-electron chi connectivity index (χ1n) is 14.5. The number of aromatic nitrogens is 2. The van der Waals surface area contributed by atoms with Gasteiger partial charge in [-0.25, -0.2) is 9.59 Å². The number of benzene rings is 2. The number of esters is 2. The van der Waals surface area contributed by atoms with E-state index in [0.29, 0.717) is 5.01 Å². The molecule has 0 unspecified atom stereocenters. The van der Waals surface area contributed by atoms with Crippen LogP contribution in [0.5, 0.6) is 5.88 Å². The molecule has 1 aromatic heterocycles. The number of aromatic hydroxyl groups is 1. The van der Waals surface area contributed by atoms with Gasteiger partial charge in [0.05, 0.1) is 47.3 Å². The van der Waals surface area contributed by atoms with Gasteiger partial charge >= 0.3 is 11.9 Å². The van der Waals surface area contributed by atoms with Crippen molar-refractivity contribution in [2.75, 3.05) is 19.2 Å². The standard InChI is InChI=1S/C31H25N5O14S2/c1-49-30(41)26-20(28(39)35(32-26)18-6-5-7-19(16-18)51(43,44)45)12-10-17(34-24(37)14-15-25(34)38)11-13-21-27(31(42)50-2)33-36(29(21)40)22-8-3-4-9-23(22)52(46,47)48/h3-13,16,39H,14-15H2,1-2H3,(H,43,44,45)(H,46,47,48)/b12-10+,17-11-,21-13+. The third kappa shape index (κ3) is 7.14. The number of hydrogen-bond donors (Lipinski definition) is 3. The van der Waals surface area contributed by atoms with Crippen LogP contribution in [0, 0.1) is 0 Å². The Morgan fingerprint density at radius 3 is 2.15 bits per heavy atom. The molecule has 3 amide bonds. The van der Waals surface area contributed by atoms with Crippen molar-refractivity contribution in [3.8, 4) is 11.6 Å². The number of nitrogens with zero attached hydrogens (tertiary/aromatic N) is 5. The molecule has 1 fully saturated rings. The summed E-state index contributed by atoms with van der Waals surface area (Å²) in [5.74, 6) is -5.39. The van der Waals surface area contributed by atoms with E-state index in [1.54, 1.807) is 0 Å². The molecule has 0 bridgehead atoms.